The zero-order chi connectivity index (χ0) is 24.1. The van der Waals surface area contributed by atoms with Crippen molar-refractivity contribution in [3.8, 4) is 0 Å². The van der Waals surface area contributed by atoms with Crippen LogP contribution in [0.25, 0.3) is 10.9 Å². The number of halogens is 3. The summed E-state index contributed by atoms with van der Waals surface area (Å²) in [5, 5.41) is 3.21. The Balaban J connectivity index is 1.52. The van der Waals surface area contributed by atoms with Gasteiger partial charge in [-0.05, 0) is 69.3 Å². The number of pyridine rings is 2. The van der Waals surface area contributed by atoms with Crippen LogP contribution in [0.2, 0.25) is 0 Å². The number of fused-ring (bicyclic) bond motifs is 2. The third-order valence-corrected chi connectivity index (χ3v) is 7.30. The van der Waals surface area contributed by atoms with Crippen LogP contribution in [0.15, 0.2) is 41.3 Å². The number of aromatic amines is 1. The molecule has 0 aliphatic heterocycles. The molecule has 2 N–H and O–H groups in total. The average molecular weight is 470 g/mol. The summed E-state index contributed by atoms with van der Waals surface area (Å²) in [6.07, 6.45) is 4.03. The first-order chi connectivity index (χ1) is 16.2. The van der Waals surface area contributed by atoms with Gasteiger partial charge < -0.3 is 10.3 Å². The van der Waals surface area contributed by atoms with Gasteiger partial charge in [-0.25, -0.2) is 13.2 Å². The molecule has 178 valence electrons. The van der Waals surface area contributed by atoms with Crippen molar-refractivity contribution in [2.24, 2.45) is 11.8 Å². The molecule has 34 heavy (non-hydrogen) atoms. The van der Waals surface area contributed by atoms with E-state index >= 15 is 0 Å². The molecule has 3 aliphatic carbocycles. The van der Waals surface area contributed by atoms with Crippen molar-refractivity contribution in [1.82, 2.24) is 20.2 Å². The minimum absolute atomic E-state index is 0.103. The number of carbonyl (C=O) groups excluding carboxylic acids is 1. The van der Waals surface area contributed by atoms with Crippen molar-refractivity contribution in [1.29, 1.82) is 0 Å². The number of rotatable bonds is 6. The molecule has 2 aromatic heterocycles. The zero-order valence-corrected chi connectivity index (χ0v) is 18.8. The molecule has 3 atom stereocenters. The Kier molecular flexibility index (Phi) is 5.67. The number of likely N-dealkylation sites (N-methyl/N-ethyl adjacent to an activating group) is 1. The van der Waals surface area contributed by atoms with Crippen molar-refractivity contribution < 1.29 is 18.0 Å². The molecule has 6 rings (SSSR count). The number of carbonyl (C=O) groups is 1. The number of hydrogen-bond donors (Lipinski definition) is 2. The molecule has 2 heterocycles. The second kappa shape index (κ2) is 8.54. The van der Waals surface area contributed by atoms with Crippen LogP contribution in [0, 0.1) is 29.3 Å². The van der Waals surface area contributed by atoms with Gasteiger partial charge in [-0.1, -0.05) is 0 Å². The number of aromatic nitrogens is 2. The van der Waals surface area contributed by atoms with E-state index < -0.39 is 41.0 Å². The molecular formula is C25H25F3N4O2. The van der Waals surface area contributed by atoms with Gasteiger partial charge in [0.25, 0.3) is 5.56 Å². The molecule has 3 saturated carbocycles. The smallest absolute Gasteiger partial charge is 0.253 e. The topological polar surface area (TPSA) is 78.1 Å². The van der Waals surface area contributed by atoms with Crippen LogP contribution < -0.4 is 10.9 Å². The average Bonchev–Trinajstić information content (AvgIpc) is 3.36. The van der Waals surface area contributed by atoms with Crippen LogP contribution in [0.3, 0.4) is 0 Å². The van der Waals surface area contributed by atoms with Crippen molar-refractivity contribution >= 4 is 16.8 Å². The Hall–Kier alpha value is -3.20. The first kappa shape index (κ1) is 22.6. The highest BCUT2D eigenvalue weighted by Gasteiger charge is 2.48. The van der Waals surface area contributed by atoms with E-state index in [0.29, 0.717) is 28.8 Å². The molecule has 0 spiro atoms. The van der Waals surface area contributed by atoms with Gasteiger partial charge in [-0.3, -0.25) is 19.5 Å². The van der Waals surface area contributed by atoms with Gasteiger partial charge in [0.05, 0.1) is 17.9 Å². The van der Waals surface area contributed by atoms with E-state index in [2.05, 4.69) is 15.3 Å². The predicted octanol–water partition coefficient (Wildman–Crippen LogP) is 3.99. The fraction of sp³-hybridized carbons (Fsp3) is 0.400. The third-order valence-electron chi connectivity index (χ3n) is 7.30. The Morgan fingerprint density at radius 3 is 2.59 bits per heavy atom. The number of nitrogens with zero attached hydrogens (tertiary/aromatic N) is 2. The van der Waals surface area contributed by atoms with Gasteiger partial charge in [0.15, 0.2) is 0 Å². The third kappa shape index (κ3) is 3.98. The SMILES string of the molecule is C[C@@H](NC(=O)[C@@H](c1cc2cc(F)ccc2[nH]c1=O)N(C)C1CC2CC1C2)c1ncc(F)cc1F. The highest BCUT2D eigenvalue weighted by atomic mass is 19.1. The summed E-state index contributed by atoms with van der Waals surface area (Å²) >= 11 is 0. The van der Waals surface area contributed by atoms with Gasteiger partial charge in [-0.2, -0.15) is 0 Å². The highest BCUT2D eigenvalue weighted by Crippen LogP contribution is 2.51. The fourth-order valence-electron chi connectivity index (χ4n) is 5.57. The summed E-state index contributed by atoms with van der Waals surface area (Å²) in [7, 11) is 1.81. The summed E-state index contributed by atoms with van der Waals surface area (Å²) in [5.74, 6) is -1.56. The Morgan fingerprint density at radius 2 is 1.91 bits per heavy atom. The van der Waals surface area contributed by atoms with Crippen LogP contribution in [0.4, 0.5) is 13.2 Å². The summed E-state index contributed by atoms with van der Waals surface area (Å²) < 4.78 is 41.4. The summed E-state index contributed by atoms with van der Waals surface area (Å²) in [4.78, 5) is 35.1. The molecule has 1 aromatic carbocycles. The second-order valence-electron chi connectivity index (χ2n) is 9.50. The molecule has 3 aromatic rings. The molecule has 6 nitrogen and oxygen atoms in total. The second-order valence-corrected chi connectivity index (χ2v) is 9.50. The lowest BCUT2D eigenvalue weighted by Gasteiger charge is -2.35. The molecule has 2 bridgehead atoms. The van der Waals surface area contributed by atoms with Crippen LogP contribution in [-0.4, -0.2) is 33.9 Å². The van der Waals surface area contributed by atoms with Crippen LogP contribution in [-0.2, 0) is 4.79 Å². The number of benzene rings is 1. The van der Waals surface area contributed by atoms with Crippen molar-refractivity contribution in [2.75, 3.05) is 7.05 Å². The number of hydrogen-bond acceptors (Lipinski definition) is 4. The summed E-state index contributed by atoms with van der Waals surface area (Å²) in [6.45, 7) is 1.55. The van der Waals surface area contributed by atoms with Crippen LogP contribution in [0.5, 0.6) is 0 Å². The van der Waals surface area contributed by atoms with E-state index in [1.807, 2.05) is 11.9 Å². The zero-order valence-electron chi connectivity index (χ0n) is 18.8. The van der Waals surface area contributed by atoms with Crippen molar-refractivity contribution in [2.45, 2.75) is 44.3 Å². The van der Waals surface area contributed by atoms with Gasteiger partial charge >= 0.3 is 0 Å². The summed E-state index contributed by atoms with van der Waals surface area (Å²) in [5.41, 5.74) is 0.0944. The first-order valence-electron chi connectivity index (χ1n) is 11.4. The minimum Gasteiger partial charge on any atom is -0.346 e. The van der Waals surface area contributed by atoms with Crippen molar-refractivity contribution in [3.63, 3.8) is 0 Å². The van der Waals surface area contributed by atoms with E-state index in [9.17, 15) is 22.8 Å². The normalized spacial score (nSPS) is 23.1. The standard InChI is InChI=1S/C25H25F3N4O2/c1-12(22-19(28)10-17(27)11-29-22)30-25(34)23(32(2)21-7-13-5-15(21)6-13)18-9-14-8-16(26)3-4-20(14)31-24(18)33/h3-4,8-13,15,21,23H,5-7H2,1-2H3,(H,30,34)(H,31,33)/t12-,13?,15?,21?,23-/m1/s1. The Bertz CT molecular complexity index is 1320. The van der Waals surface area contributed by atoms with E-state index in [-0.39, 0.29) is 17.3 Å². The highest BCUT2D eigenvalue weighted by molar-refractivity contribution is 5.86. The largest absolute Gasteiger partial charge is 0.346 e. The maximum Gasteiger partial charge on any atom is 0.253 e. The maximum atomic E-state index is 14.3. The molecule has 3 aliphatic rings. The Labute approximate surface area is 194 Å². The molecular weight excluding hydrogens is 445 g/mol. The Morgan fingerprint density at radius 1 is 1.15 bits per heavy atom. The predicted molar refractivity (Wildman–Crippen MR) is 120 cm³/mol. The summed E-state index contributed by atoms with van der Waals surface area (Å²) in [6, 6.07) is 4.57. The van der Waals surface area contributed by atoms with Gasteiger partial charge in [0.1, 0.15) is 23.5 Å². The van der Waals surface area contributed by atoms with Gasteiger partial charge in [0, 0.05) is 28.6 Å². The van der Waals surface area contributed by atoms with E-state index in [4.69, 9.17) is 0 Å². The molecule has 3 fully saturated rings. The molecule has 0 saturated heterocycles. The van der Waals surface area contributed by atoms with E-state index in [0.717, 1.165) is 25.5 Å². The molecule has 0 radical (unpaired) electrons. The molecule has 1 amide bonds. The lowest BCUT2D eigenvalue weighted by atomic mass is 9.83. The maximum absolute atomic E-state index is 14.3. The minimum atomic E-state index is -0.980. The lowest BCUT2D eigenvalue weighted by molar-refractivity contribution is -0.128. The number of H-pyrrole nitrogens is 1. The lowest BCUT2D eigenvalue weighted by Crippen LogP contribution is -2.46. The molecule has 9 heteroatoms. The van der Waals surface area contributed by atoms with E-state index in [1.165, 1.54) is 18.2 Å². The van der Waals surface area contributed by atoms with Crippen LogP contribution in [0.1, 0.15) is 49.5 Å². The monoisotopic (exact) mass is 470 g/mol. The van der Waals surface area contributed by atoms with Crippen molar-refractivity contribution in [3.05, 3.63) is 75.6 Å². The van der Waals surface area contributed by atoms with Gasteiger partial charge in [-0.15, -0.1) is 0 Å². The fourth-order valence-corrected chi connectivity index (χ4v) is 5.57. The number of amides is 1. The number of nitrogens with one attached hydrogen (secondary N) is 2. The quantitative estimate of drug-likeness (QED) is 0.571. The molecule has 1 unspecified atom stereocenters. The van der Waals surface area contributed by atoms with Gasteiger partial charge in [0.2, 0.25) is 5.91 Å². The van der Waals surface area contributed by atoms with Crippen LogP contribution >= 0.6 is 0 Å². The van der Waals surface area contributed by atoms with E-state index in [1.54, 1.807) is 13.0 Å². The first-order valence-corrected chi connectivity index (χ1v) is 11.4.